The van der Waals surface area contributed by atoms with Gasteiger partial charge < -0.3 is 4.90 Å². The number of nitrogens with zero attached hydrogens (tertiary/aromatic N) is 3. The highest BCUT2D eigenvalue weighted by Crippen LogP contribution is 2.13. The van der Waals surface area contributed by atoms with Crippen LogP contribution in [0.15, 0.2) is 5.10 Å². The Bertz CT molecular complexity index is 148. The first kappa shape index (κ1) is 9.52. The molecule has 0 saturated carbocycles. The fourth-order valence-corrected chi connectivity index (χ4v) is 1.65. The quantitative estimate of drug-likeness (QED) is 0.454. The maximum absolute atomic E-state index is 4.26. The summed E-state index contributed by atoms with van der Waals surface area (Å²) in [6, 6.07) is 0.650. The van der Waals surface area contributed by atoms with E-state index >= 15 is 0 Å². The molecule has 0 aromatic carbocycles. The first-order valence-electron chi connectivity index (χ1n) is 4.64. The summed E-state index contributed by atoms with van der Waals surface area (Å²) in [4.78, 5) is 2.38. The number of likely N-dealkylation sites (tertiary alicyclic amines) is 1. The summed E-state index contributed by atoms with van der Waals surface area (Å²) in [6.07, 6.45) is 4.34. The fourth-order valence-electron chi connectivity index (χ4n) is 1.65. The first-order valence-corrected chi connectivity index (χ1v) is 4.64. The lowest BCUT2D eigenvalue weighted by Crippen LogP contribution is -2.39. The van der Waals surface area contributed by atoms with Crippen LogP contribution >= 0.6 is 0 Å². The van der Waals surface area contributed by atoms with E-state index in [2.05, 4.69) is 29.1 Å². The van der Waals surface area contributed by atoms with Crippen LogP contribution in [0, 0.1) is 0 Å². The molecule has 1 saturated heterocycles. The molecule has 0 N–H and O–H groups in total. The summed E-state index contributed by atoms with van der Waals surface area (Å²) >= 11 is 0. The lowest BCUT2D eigenvalue weighted by atomic mass is 10.1. The number of hydrogen-bond donors (Lipinski definition) is 0. The second-order valence-corrected chi connectivity index (χ2v) is 3.48. The van der Waals surface area contributed by atoms with Gasteiger partial charge in [0.2, 0.25) is 0 Å². The van der Waals surface area contributed by atoms with E-state index in [0.717, 1.165) is 0 Å². The third-order valence-electron chi connectivity index (χ3n) is 2.51. The highest BCUT2D eigenvalue weighted by molar-refractivity contribution is 5.52. The van der Waals surface area contributed by atoms with Crippen molar-refractivity contribution in [3.05, 3.63) is 0 Å². The van der Waals surface area contributed by atoms with E-state index in [4.69, 9.17) is 0 Å². The summed E-state index contributed by atoms with van der Waals surface area (Å²) in [7, 11) is 4.25. The van der Waals surface area contributed by atoms with Crippen LogP contribution in [0.2, 0.25) is 0 Å². The van der Waals surface area contributed by atoms with E-state index in [1.54, 1.807) is 0 Å². The third kappa shape index (κ3) is 2.48. The molecule has 1 fully saturated rings. The van der Waals surface area contributed by atoms with E-state index in [-0.39, 0.29) is 0 Å². The summed E-state index contributed by atoms with van der Waals surface area (Å²) in [5.41, 5.74) is 0. The van der Waals surface area contributed by atoms with Crippen molar-refractivity contribution < 1.29 is 0 Å². The lowest BCUT2D eigenvalue weighted by Gasteiger charge is -2.33. The topological polar surface area (TPSA) is 18.8 Å². The zero-order valence-corrected chi connectivity index (χ0v) is 8.32. The van der Waals surface area contributed by atoms with Gasteiger partial charge in [0.25, 0.3) is 0 Å². The maximum atomic E-state index is 4.26. The molecule has 0 spiro atoms. The Hall–Kier alpha value is -0.570. The molecular formula is C9H19N3. The highest BCUT2D eigenvalue weighted by Gasteiger charge is 2.18. The van der Waals surface area contributed by atoms with Crippen molar-refractivity contribution in [1.82, 2.24) is 9.91 Å². The molecule has 1 aliphatic rings. The van der Waals surface area contributed by atoms with Crippen molar-refractivity contribution in [3.63, 3.8) is 0 Å². The van der Waals surface area contributed by atoms with Crippen molar-refractivity contribution >= 4 is 6.21 Å². The summed E-state index contributed by atoms with van der Waals surface area (Å²) < 4.78 is 0. The van der Waals surface area contributed by atoms with E-state index in [9.17, 15) is 0 Å². The standard InChI is InChI=1S/C9H19N3/c1-4-10-12(3)9-5-7-11(2)8-6-9/h4,9H,5-8H2,1-3H3/b10-4-. The van der Waals surface area contributed by atoms with Gasteiger partial charge in [0.15, 0.2) is 0 Å². The molecule has 0 aromatic rings. The van der Waals surface area contributed by atoms with E-state index in [1.807, 2.05) is 13.1 Å². The van der Waals surface area contributed by atoms with Gasteiger partial charge >= 0.3 is 0 Å². The molecule has 0 atom stereocenters. The van der Waals surface area contributed by atoms with Crippen molar-refractivity contribution in [2.75, 3.05) is 27.2 Å². The average molecular weight is 169 g/mol. The van der Waals surface area contributed by atoms with Crippen molar-refractivity contribution in [2.45, 2.75) is 25.8 Å². The zero-order valence-electron chi connectivity index (χ0n) is 8.32. The Balaban J connectivity index is 2.33. The average Bonchev–Trinajstić information content (AvgIpc) is 2.06. The Morgan fingerprint density at radius 2 is 2.00 bits per heavy atom. The second-order valence-electron chi connectivity index (χ2n) is 3.48. The largest absolute Gasteiger partial charge is 0.306 e. The Morgan fingerprint density at radius 1 is 1.42 bits per heavy atom. The van der Waals surface area contributed by atoms with E-state index in [1.165, 1.54) is 25.9 Å². The zero-order chi connectivity index (χ0) is 8.97. The monoisotopic (exact) mass is 169 g/mol. The van der Waals surface area contributed by atoms with Crippen molar-refractivity contribution in [3.8, 4) is 0 Å². The highest BCUT2D eigenvalue weighted by atomic mass is 15.4. The molecule has 0 unspecified atom stereocenters. The molecule has 0 aliphatic carbocycles. The fraction of sp³-hybridized carbons (Fsp3) is 0.889. The van der Waals surface area contributed by atoms with Crippen molar-refractivity contribution in [2.24, 2.45) is 5.10 Å². The molecule has 1 aliphatic heterocycles. The number of hydrogen-bond acceptors (Lipinski definition) is 3. The van der Waals surface area contributed by atoms with Crippen LogP contribution in [-0.4, -0.2) is 49.4 Å². The van der Waals surface area contributed by atoms with E-state index in [0.29, 0.717) is 6.04 Å². The molecule has 12 heavy (non-hydrogen) atoms. The minimum absolute atomic E-state index is 0.650. The Kier molecular flexibility index (Phi) is 3.53. The Morgan fingerprint density at radius 3 is 2.50 bits per heavy atom. The van der Waals surface area contributed by atoms with Gasteiger partial charge in [0.05, 0.1) is 0 Å². The third-order valence-corrected chi connectivity index (χ3v) is 2.51. The molecule has 1 heterocycles. The SMILES string of the molecule is C/C=N\N(C)C1CCN(C)CC1. The minimum atomic E-state index is 0.650. The molecular weight excluding hydrogens is 150 g/mol. The molecule has 0 amide bonds. The molecule has 0 bridgehead atoms. The Labute approximate surface area is 75.0 Å². The van der Waals surface area contributed by atoms with Crippen LogP contribution in [-0.2, 0) is 0 Å². The maximum Gasteiger partial charge on any atom is 0.0491 e. The van der Waals surface area contributed by atoms with Crippen molar-refractivity contribution in [1.29, 1.82) is 0 Å². The molecule has 3 heteroatoms. The predicted molar refractivity (Wildman–Crippen MR) is 52.4 cm³/mol. The van der Waals surface area contributed by atoms with Gasteiger partial charge in [-0.3, -0.25) is 5.01 Å². The molecule has 70 valence electrons. The number of hydrazone groups is 1. The summed E-state index contributed by atoms with van der Waals surface area (Å²) in [6.45, 7) is 4.37. The second kappa shape index (κ2) is 4.45. The van der Waals surface area contributed by atoms with Crippen LogP contribution in [0.1, 0.15) is 19.8 Å². The van der Waals surface area contributed by atoms with Gasteiger partial charge in [-0.15, -0.1) is 0 Å². The van der Waals surface area contributed by atoms with Crippen LogP contribution in [0.5, 0.6) is 0 Å². The smallest absolute Gasteiger partial charge is 0.0491 e. The first-order chi connectivity index (χ1) is 5.74. The predicted octanol–water partition coefficient (Wildman–Crippen LogP) is 1.02. The van der Waals surface area contributed by atoms with Crippen LogP contribution in [0.4, 0.5) is 0 Å². The molecule has 0 aromatic heterocycles. The number of rotatable bonds is 2. The van der Waals surface area contributed by atoms with Gasteiger partial charge in [-0.25, -0.2) is 0 Å². The number of piperidine rings is 1. The summed E-state index contributed by atoms with van der Waals surface area (Å²) in [5.74, 6) is 0. The van der Waals surface area contributed by atoms with E-state index < -0.39 is 0 Å². The molecule has 3 nitrogen and oxygen atoms in total. The van der Waals surface area contributed by atoms with Gasteiger partial charge in [-0.2, -0.15) is 5.10 Å². The molecule has 0 radical (unpaired) electrons. The minimum Gasteiger partial charge on any atom is -0.306 e. The van der Waals surface area contributed by atoms with Gasteiger partial charge in [0.1, 0.15) is 0 Å². The van der Waals surface area contributed by atoms with Gasteiger partial charge in [-0.05, 0) is 39.9 Å². The van der Waals surface area contributed by atoms with Crippen LogP contribution in [0.25, 0.3) is 0 Å². The van der Waals surface area contributed by atoms with Gasteiger partial charge in [0, 0.05) is 19.3 Å². The normalized spacial score (nSPS) is 21.9. The van der Waals surface area contributed by atoms with Crippen LogP contribution in [0.3, 0.4) is 0 Å². The molecule has 1 rings (SSSR count). The lowest BCUT2D eigenvalue weighted by molar-refractivity contribution is 0.149. The van der Waals surface area contributed by atoms with Crippen LogP contribution < -0.4 is 0 Å². The van der Waals surface area contributed by atoms with Gasteiger partial charge in [-0.1, -0.05) is 0 Å². The summed E-state index contributed by atoms with van der Waals surface area (Å²) in [5, 5.41) is 6.35.